The minimum Gasteiger partial charge on any atom is -0.633 e. The topological polar surface area (TPSA) is 39.5 Å². The van der Waals surface area contributed by atoms with Gasteiger partial charge in [-0.1, -0.05) is 0 Å². The molecule has 3 nitrogen and oxygen atoms in total. The molecule has 0 aromatic heterocycles. The SMILES string of the molecule is CNC1CCCC[NH+]1[O-]. The third-order valence-corrected chi connectivity index (χ3v) is 1.90. The molecular weight excluding hydrogens is 116 g/mol. The Morgan fingerprint density at radius 2 is 2.33 bits per heavy atom. The van der Waals surface area contributed by atoms with E-state index in [1.165, 1.54) is 6.42 Å². The Balaban J connectivity index is 2.30. The van der Waals surface area contributed by atoms with Crippen LogP contribution in [0.25, 0.3) is 0 Å². The molecule has 1 heterocycles. The summed E-state index contributed by atoms with van der Waals surface area (Å²) in [6.07, 6.45) is 3.50. The van der Waals surface area contributed by atoms with Gasteiger partial charge < -0.3 is 10.3 Å². The zero-order valence-corrected chi connectivity index (χ0v) is 5.81. The van der Waals surface area contributed by atoms with Gasteiger partial charge in [-0.2, -0.15) is 0 Å². The van der Waals surface area contributed by atoms with E-state index < -0.39 is 0 Å². The third kappa shape index (κ3) is 1.64. The molecule has 2 N–H and O–H groups in total. The van der Waals surface area contributed by atoms with Crippen LogP contribution in [0.4, 0.5) is 0 Å². The van der Waals surface area contributed by atoms with Gasteiger partial charge in [-0.25, -0.2) is 0 Å². The van der Waals surface area contributed by atoms with Gasteiger partial charge in [0.2, 0.25) is 0 Å². The van der Waals surface area contributed by atoms with Gasteiger partial charge in [0, 0.05) is 6.42 Å². The molecule has 0 saturated carbocycles. The van der Waals surface area contributed by atoms with Gasteiger partial charge in [0.05, 0.1) is 6.54 Å². The quantitative estimate of drug-likeness (QED) is 0.451. The first-order valence-electron chi connectivity index (χ1n) is 3.54. The second-order valence-corrected chi connectivity index (χ2v) is 2.55. The lowest BCUT2D eigenvalue weighted by Crippen LogP contribution is -3.14. The molecule has 0 aliphatic carbocycles. The second-order valence-electron chi connectivity index (χ2n) is 2.55. The maximum Gasteiger partial charge on any atom is 0.140 e. The largest absolute Gasteiger partial charge is 0.633 e. The van der Waals surface area contributed by atoms with E-state index in [4.69, 9.17) is 0 Å². The van der Waals surface area contributed by atoms with E-state index in [1.807, 2.05) is 7.05 Å². The first-order chi connectivity index (χ1) is 4.34. The zero-order valence-electron chi connectivity index (χ0n) is 5.81. The van der Waals surface area contributed by atoms with Crippen LogP contribution in [0.3, 0.4) is 0 Å². The summed E-state index contributed by atoms with van der Waals surface area (Å²) in [5.41, 5.74) is 0. The first kappa shape index (κ1) is 6.99. The number of hydrogen-bond acceptors (Lipinski definition) is 2. The number of hydroxylamine groups is 2. The van der Waals surface area contributed by atoms with E-state index in [0.29, 0.717) is 5.06 Å². The van der Waals surface area contributed by atoms with Crippen molar-refractivity contribution in [1.29, 1.82) is 0 Å². The van der Waals surface area contributed by atoms with Crippen LogP contribution in [0.15, 0.2) is 0 Å². The molecule has 1 aliphatic heterocycles. The fraction of sp³-hybridized carbons (Fsp3) is 1.00. The van der Waals surface area contributed by atoms with E-state index in [0.717, 1.165) is 19.4 Å². The smallest absolute Gasteiger partial charge is 0.140 e. The van der Waals surface area contributed by atoms with Crippen molar-refractivity contribution in [2.45, 2.75) is 25.4 Å². The number of rotatable bonds is 1. The van der Waals surface area contributed by atoms with Crippen molar-refractivity contribution in [2.24, 2.45) is 0 Å². The lowest BCUT2D eigenvalue weighted by molar-refractivity contribution is -0.884. The average molecular weight is 130 g/mol. The summed E-state index contributed by atoms with van der Waals surface area (Å²) in [6.45, 7) is 0.783. The van der Waals surface area contributed by atoms with Gasteiger partial charge in [0.15, 0.2) is 0 Å². The fourth-order valence-electron chi connectivity index (χ4n) is 1.29. The van der Waals surface area contributed by atoms with E-state index in [1.54, 1.807) is 0 Å². The molecule has 3 heteroatoms. The van der Waals surface area contributed by atoms with E-state index in [2.05, 4.69) is 5.32 Å². The van der Waals surface area contributed by atoms with Crippen molar-refractivity contribution >= 4 is 0 Å². The Kier molecular flexibility index (Phi) is 2.45. The van der Waals surface area contributed by atoms with Crippen LogP contribution in [0.2, 0.25) is 0 Å². The monoisotopic (exact) mass is 130 g/mol. The highest BCUT2D eigenvalue weighted by Gasteiger charge is 2.16. The Morgan fingerprint density at radius 1 is 1.56 bits per heavy atom. The van der Waals surface area contributed by atoms with Crippen molar-refractivity contribution in [1.82, 2.24) is 5.32 Å². The molecule has 9 heavy (non-hydrogen) atoms. The molecular formula is C6H14N2O. The molecule has 0 aromatic rings. The van der Waals surface area contributed by atoms with Gasteiger partial charge in [0.25, 0.3) is 0 Å². The molecule has 0 radical (unpaired) electrons. The standard InChI is InChI=1S/C6H14N2O/c1-7-6-4-2-3-5-8(6)9/h6-8H,2-5H2,1H3. The minimum atomic E-state index is 0.166. The molecule has 0 aromatic carbocycles. The summed E-state index contributed by atoms with van der Waals surface area (Å²) in [5, 5.41) is 14.4. The molecule has 54 valence electrons. The number of piperidine rings is 1. The Hall–Kier alpha value is -0.120. The summed E-state index contributed by atoms with van der Waals surface area (Å²) in [4.78, 5) is 0. The zero-order chi connectivity index (χ0) is 6.69. The van der Waals surface area contributed by atoms with Crippen LogP contribution < -0.4 is 10.4 Å². The summed E-state index contributed by atoms with van der Waals surface area (Å²) >= 11 is 0. The highest BCUT2D eigenvalue weighted by molar-refractivity contribution is 4.56. The molecule has 1 saturated heterocycles. The molecule has 0 spiro atoms. The van der Waals surface area contributed by atoms with Crippen molar-refractivity contribution in [3.63, 3.8) is 0 Å². The molecule has 1 fully saturated rings. The number of hydrogen-bond donors (Lipinski definition) is 2. The summed E-state index contributed by atoms with van der Waals surface area (Å²) in [5.74, 6) is 0. The molecule has 1 aliphatic rings. The van der Waals surface area contributed by atoms with Crippen LogP contribution in [-0.2, 0) is 0 Å². The summed E-state index contributed by atoms with van der Waals surface area (Å²) < 4.78 is 0. The van der Waals surface area contributed by atoms with Crippen LogP contribution >= 0.6 is 0 Å². The Bertz CT molecular complexity index is 87.1. The fourth-order valence-corrected chi connectivity index (χ4v) is 1.29. The van der Waals surface area contributed by atoms with Gasteiger partial charge in [-0.05, 0) is 19.9 Å². The van der Waals surface area contributed by atoms with Crippen LogP contribution in [0, 0.1) is 5.21 Å². The predicted octanol–water partition coefficient (Wildman–Crippen LogP) is -0.901. The third-order valence-electron chi connectivity index (χ3n) is 1.90. The predicted molar refractivity (Wildman–Crippen MR) is 35.9 cm³/mol. The van der Waals surface area contributed by atoms with Gasteiger partial charge in [0.1, 0.15) is 6.17 Å². The minimum absolute atomic E-state index is 0.166. The van der Waals surface area contributed by atoms with Crippen LogP contribution in [-0.4, -0.2) is 19.8 Å². The Labute approximate surface area is 55.6 Å². The van der Waals surface area contributed by atoms with E-state index in [-0.39, 0.29) is 6.17 Å². The summed E-state index contributed by atoms with van der Waals surface area (Å²) in [6, 6.07) is 0. The molecule has 0 bridgehead atoms. The maximum absolute atomic E-state index is 11.0. The molecule has 2 unspecified atom stereocenters. The van der Waals surface area contributed by atoms with Gasteiger partial charge in [-0.3, -0.25) is 5.32 Å². The number of nitrogens with one attached hydrogen (secondary N) is 2. The second kappa shape index (κ2) is 3.15. The highest BCUT2D eigenvalue weighted by atomic mass is 16.5. The van der Waals surface area contributed by atoms with E-state index >= 15 is 0 Å². The first-order valence-corrected chi connectivity index (χ1v) is 3.54. The molecule has 1 rings (SSSR count). The Morgan fingerprint density at radius 3 is 2.78 bits per heavy atom. The lowest BCUT2D eigenvalue weighted by Gasteiger charge is -2.34. The van der Waals surface area contributed by atoms with Crippen LogP contribution in [0.5, 0.6) is 0 Å². The van der Waals surface area contributed by atoms with Crippen molar-refractivity contribution in [3.05, 3.63) is 5.21 Å². The van der Waals surface area contributed by atoms with Gasteiger partial charge >= 0.3 is 0 Å². The maximum atomic E-state index is 11.0. The lowest BCUT2D eigenvalue weighted by atomic mass is 10.1. The number of quaternary nitrogens is 1. The van der Waals surface area contributed by atoms with Crippen molar-refractivity contribution in [2.75, 3.05) is 13.6 Å². The average Bonchev–Trinajstić information content (AvgIpc) is 1.89. The highest BCUT2D eigenvalue weighted by Crippen LogP contribution is 1.98. The normalized spacial score (nSPS) is 36.7. The van der Waals surface area contributed by atoms with Crippen molar-refractivity contribution in [3.8, 4) is 0 Å². The molecule has 0 amide bonds. The van der Waals surface area contributed by atoms with Gasteiger partial charge in [-0.15, -0.1) is 0 Å². The molecule has 2 atom stereocenters. The van der Waals surface area contributed by atoms with E-state index in [9.17, 15) is 5.21 Å². The van der Waals surface area contributed by atoms with Crippen molar-refractivity contribution < 1.29 is 5.06 Å². The summed E-state index contributed by atoms with van der Waals surface area (Å²) in [7, 11) is 1.86. The van der Waals surface area contributed by atoms with Crippen LogP contribution in [0.1, 0.15) is 19.3 Å².